The molecule has 14 rings (SSSR count). The van der Waals surface area contributed by atoms with Crippen LogP contribution in [0.1, 0.15) is 140 Å². The molecule has 8 aromatic carbocycles. The summed E-state index contributed by atoms with van der Waals surface area (Å²) in [5.41, 5.74) is 18.5. The zero-order valence-electron chi connectivity index (χ0n) is 39.2. The lowest BCUT2D eigenvalue weighted by atomic mass is 9.34. The normalized spacial score (nSPS) is 16.9. The summed E-state index contributed by atoms with van der Waals surface area (Å²) < 4.78 is 5.50. The van der Waals surface area contributed by atoms with Crippen molar-refractivity contribution in [1.82, 2.24) is 9.13 Å². The Morgan fingerprint density at radius 1 is 0.415 bits per heavy atom. The second-order valence-electron chi connectivity index (χ2n) is 22.9. The first-order valence-electron chi connectivity index (χ1n) is 25.2. The Balaban J connectivity index is 1.21. The molecule has 3 heteroatoms. The summed E-state index contributed by atoms with van der Waals surface area (Å²) in [5, 5.41) is 13.8. The Bertz CT molecular complexity index is 3700. The maximum Gasteiger partial charge on any atom is 0.252 e. The van der Waals surface area contributed by atoms with Crippen molar-refractivity contribution in [3.05, 3.63) is 138 Å². The van der Waals surface area contributed by atoms with Crippen molar-refractivity contribution in [3.8, 4) is 11.4 Å². The van der Waals surface area contributed by atoms with E-state index in [4.69, 9.17) is 0 Å². The van der Waals surface area contributed by atoms with E-state index in [1.54, 1.807) is 11.1 Å². The van der Waals surface area contributed by atoms with Gasteiger partial charge in [-0.25, -0.2) is 0 Å². The van der Waals surface area contributed by atoms with Crippen molar-refractivity contribution in [1.29, 1.82) is 0 Å². The number of nitrogens with zero attached hydrogens (tertiary/aromatic N) is 2. The van der Waals surface area contributed by atoms with Crippen LogP contribution >= 0.6 is 0 Å². The van der Waals surface area contributed by atoms with E-state index in [-0.39, 0.29) is 17.5 Å². The summed E-state index contributed by atoms with van der Waals surface area (Å²) >= 11 is 0. The SMILES string of the molecule is CC(C)(C)c1cc2c3c(c1)-n1c4cc(C(C)(C)C)ccc4c4c5c6ccccc6c6ccccc6c5cc(c41)B3c1cc(C3CCCCC3)cc3c4cc(C5CCCCC5)ccc4n-2c13. The summed E-state index contributed by atoms with van der Waals surface area (Å²) in [6.45, 7) is 14.4. The summed E-state index contributed by atoms with van der Waals surface area (Å²) in [6.07, 6.45) is 13.3. The fourth-order valence-corrected chi connectivity index (χ4v) is 13.8. The van der Waals surface area contributed by atoms with Crippen LogP contribution in [0, 0.1) is 0 Å². The third-order valence-electron chi connectivity index (χ3n) is 17.1. The maximum atomic E-state index is 2.75. The Morgan fingerprint density at radius 2 is 0.985 bits per heavy atom. The van der Waals surface area contributed by atoms with Gasteiger partial charge in [0.05, 0.1) is 16.6 Å². The Labute approximate surface area is 383 Å². The summed E-state index contributed by atoms with van der Waals surface area (Å²) in [6, 6.07) is 46.9. The highest BCUT2D eigenvalue weighted by Crippen LogP contribution is 2.48. The third kappa shape index (κ3) is 5.30. The summed E-state index contributed by atoms with van der Waals surface area (Å²) in [4.78, 5) is 0. The van der Waals surface area contributed by atoms with Crippen LogP contribution in [0.2, 0.25) is 0 Å². The minimum Gasteiger partial charge on any atom is -0.310 e. The van der Waals surface area contributed by atoms with E-state index in [0.29, 0.717) is 11.8 Å². The van der Waals surface area contributed by atoms with Crippen LogP contribution in [0.5, 0.6) is 0 Å². The van der Waals surface area contributed by atoms with E-state index in [9.17, 15) is 0 Å². The minimum atomic E-state index is -0.0558. The number of hydrogen-bond acceptors (Lipinski definition) is 0. The van der Waals surface area contributed by atoms with Crippen molar-refractivity contribution in [2.24, 2.45) is 0 Å². The molecule has 2 nitrogen and oxygen atoms in total. The van der Waals surface area contributed by atoms with Gasteiger partial charge in [0, 0.05) is 43.8 Å². The van der Waals surface area contributed by atoms with Gasteiger partial charge < -0.3 is 9.13 Å². The van der Waals surface area contributed by atoms with Crippen LogP contribution in [-0.2, 0) is 10.8 Å². The first kappa shape index (κ1) is 38.5. The van der Waals surface area contributed by atoms with Gasteiger partial charge in [-0.1, -0.05) is 159 Å². The highest BCUT2D eigenvalue weighted by atomic mass is 15.0. The molecular weight excluding hydrogens is 784 g/mol. The molecule has 2 aliphatic heterocycles. The number of fused-ring (bicyclic) bond motifs is 17. The second kappa shape index (κ2) is 13.4. The standard InChI is InChI=1S/C62H59BN2/c1-61(2,3)40-26-27-46-53(32-40)65-55-34-41(62(4,5)6)33-54-58(55)63(51-35-48-44-23-14-13-21-42(44)43-22-15-16-24-45(43)56(48)57(46)60(51)65)50-31-39(37-19-11-8-12-20-37)30-49-47-29-38(36-17-9-7-10-18-36)25-28-52(47)64(54)59(49)50/h13-16,21-37H,7-12,17-20H2,1-6H3. The Hall–Kier alpha value is -5.80. The largest absolute Gasteiger partial charge is 0.310 e. The molecule has 320 valence electrons. The average Bonchev–Trinajstić information content (AvgIpc) is 3.85. The van der Waals surface area contributed by atoms with Gasteiger partial charge in [0.15, 0.2) is 0 Å². The van der Waals surface area contributed by atoms with Gasteiger partial charge in [-0.05, 0) is 150 Å². The molecule has 2 saturated carbocycles. The Morgan fingerprint density at radius 3 is 1.65 bits per heavy atom. The smallest absolute Gasteiger partial charge is 0.252 e. The lowest BCUT2D eigenvalue weighted by molar-refractivity contribution is 0.444. The average molecular weight is 843 g/mol. The zero-order valence-corrected chi connectivity index (χ0v) is 39.2. The molecule has 0 atom stereocenters. The molecule has 0 radical (unpaired) electrons. The van der Waals surface area contributed by atoms with E-state index in [2.05, 4.69) is 166 Å². The van der Waals surface area contributed by atoms with E-state index in [1.807, 2.05) is 0 Å². The van der Waals surface area contributed by atoms with Crippen LogP contribution in [0.3, 0.4) is 0 Å². The molecule has 0 saturated heterocycles. The van der Waals surface area contributed by atoms with E-state index in [1.165, 1.54) is 179 Å². The summed E-state index contributed by atoms with van der Waals surface area (Å²) in [7, 11) is 0. The van der Waals surface area contributed by atoms with Crippen LogP contribution < -0.4 is 16.4 Å². The second-order valence-corrected chi connectivity index (χ2v) is 22.9. The fourth-order valence-electron chi connectivity index (χ4n) is 13.8. The molecule has 65 heavy (non-hydrogen) atoms. The van der Waals surface area contributed by atoms with Crippen molar-refractivity contribution in [2.45, 2.75) is 128 Å². The first-order chi connectivity index (χ1) is 31.5. The molecule has 0 unspecified atom stereocenters. The first-order valence-corrected chi connectivity index (χ1v) is 25.2. The number of benzene rings is 8. The van der Waals surface area contributed by atoms with Gasteiger partial charge in [-0.15, -0.1) is 0 Å². The third-order valence-corrected chi connectivity index (χ3v) is 17.1. The van der Waals surface area contributed by atoms with Gasteiger partial charge in [-0.3, -0.25) is 0 Å². The van der Waals surface area contributed by atoms with Gasteiger partial charge in [-0.2, -0.15) is 0 Å². The lowest BCUT2D eigenvalue weighted by Crippen LogP contribution is -2.59. The van der Waals surface area contributed by atoms with Crippen molar-refractivity contribution in [2.75, 3.05) is 0 Å². The molecule has 0 bridgehead atoms. The number of hydrogen-bond donors (Lipinski definition) is 0. The molecule has 2 aromatic heterocycles. The van der Waals surface area contributed by atoms with E-state index in [0.717, 1.165) is 0 Å². The van der Waals surface area contributed by atoms with Crippen LogP contribution in [0.15, 0.2) is 115 Å². The predicted molar refractivity (Wildman–Crippen MR) is 281 cm³/mol. The molecule has 0 amide bonds. The van der Waals surface area contributed by atoms with Gasteiger partial charge in [0.2, 0.25) is 0 Å². The van der Waals surface area contributed by atoms with E-state index >= 15 is 0 Å². The van der Waals surface area contributed by atoms with E-state index < -0.39 is 0 Å². The molecule has 4 aliphatic rings. The predicted octanol–water partition coefficient (Wildman–Crippen LogP) is 15.2. The lowest BCUT2D eigenvalue weighted by Gasteiger charge is -2.36. The summed E-state index contributed by atoms with van der Waals surface area (Å²) in [5.74, 6) is 1.26. The topological polar surface area (TPSA) is 9.86 Å². The zero-order chi connectivity index (χ0) is 43.7. The maximum absolute atomic E-state index is 2.75. The van der Waals surface area contributed by atoms with Crippen molar-refractivity contribution < 1.29 is 0 Å². The molecular formula is C62H59BN2. The monoisotopic (exact) mass is 842 g/mol. The van der Waals surface area contributed by atoms with Crippen molar-refractivity contribution >= 4 is 99.0 Å². The number of aromatic nitrogens is 2. The highest BCUT2D eigenvalue weighted by Gasteiger charge is 2.43. The molecule has 0 spiro atoms. The van der Waals surface area contributed by atoms with Crippen molar-refractivity contribution in [3.63, 3.8) is 0 Å². The Kier molecular flexibility index (Phi) is 7.93. The van der Waals surface area contributed by atoms with Crippen LogP contribution in [-0.4, -0.2) is 15.8 Å². The molecule has 4 heterocycles. The molecule has 2 fully saturated rings. The molecule has 0 N–H and O–H groups in total. The number of rotatable bonds is 2. The highest BCUT2D eigenvalue weighted by molar-refractivity contribution is 7.00. The van der Waals surface area contributed by atoms with Crippen LogP contribution in [0.4, 0.5) is 0 Å². The van der Waals surface area contributed by atoms with Crippen LogP contribution in [0.25, 0.3) is 87.3 Å². The minimum absolute atomic E-state index is 0.00318. The van der Waals surface area contributed by atoms with Gasteiger partial charge in [0.25, 0.3) is 6.71 Å². The molecule has 10 aromatic rings. The van der Waals surface area contributed by atoms with Gasteiger partial charge in [0.1, 0.15) is 0 Å². The quantitative estimate of drug-likeness (QED) is 0.121. The fraction of sp³-hybridized carbons (Fsp3) is 0.323. The van der Waals surface area contributed by atoms with Gasteiger partial charge >= 0.3 is 0 Å². The molecule has 2 aliphatic carbocycles.